The van der Waals surface area contributed by atoms with Crippen molar-refractivity contribution in [3.8, 4) is 0 Å². The topological polar surface area (TPSA) is 88.3 Å². The molecule has 0 aliphatic carbocycles. The normalized spacial score (nSPS) is 11.8. The fraction of sp³-hybridized carbons (Fsp3) is 0.227. The number of aromatic nitrogens is 1. The Balaban J connectivity index is 1.63. The number of anilines is 1. The minimum Gasteiger partial charge on any atom is -0.452 e. The number of pyridine rings is 1. The maximum Gasteiger partial charge on any atom is 0.339 e. The molecular formula is C22H22N2O4. The van der Waals surface area contributed by atoms with E-state index < -0.39 is 24.0 Å². The maximum absolute atomic E-state index is 12.4. The number of carbonyl (C=O) groups excluding carboxylic acids is 2. The zero-order valence-electron chi connectivity index (χ0n) is 15.8. The predicted molar refractivity (Wildman–Crippen MR) is 109 cm³/mol. The maximum atomic E-state index is 12.4. The van der Waals surface area contributed by atoms with Crippen molar-refractivity contribution < 1.29 is 14.3 Å². The van der Waals surface area contributed by atoms with Crippen LogP contribution in [0.15, 0.2) is 59.4 Å². The second-order valence-electron chi connectivity index (χ2n) is 6.65. The minimum atomic E-state index is -0.718. The lowest BCUT2D eigenvalue weighted by atomic mass is 9.99. The van der Waals surface area contributed by atoms with E-state index in [2.05, 4.69) is 24.1 Å². The predicted octanol–water partition coefficient (Wildman–Crippen LogP) is 3.84. The minimum absolute atomic E-state index is 0.130. The highest BCUT2D eigenvalue weighted by Gasteiger charge is 2.15. The van der Waals surface area contributed by atoms with Crippen molar-refractivity contribution in [2.45, 2.75) is 26.2 Å². The van der Waals surface area contributed by atoms with Crippen LogP contribution in [0.3, 0.4) is 0 Å². The first-order valence-corrected chi connectivity index (χ1v) is 9.17. The van der Waals surface area contributed by atoms with E-state index in [9.17, 15) is 14.4 Å². The molecule has 1 aromatic heterocycles. The molecule has 0 aliphatic heterocycles. The molecule has 2 N–H and O–H groups in total. The van der Waals surface area contributed by atoms with E-state index in [0.717, 1.165) is 6.42 Å². The quantitative estimate of drug-likeness (QED) is 0.638. The van der Waals surface area contributed by atoms with Crippen molar-refractivity contribution in [1.29, 1.82) is 0 Å². The van der Waals surface area contributed by atoms with E-state index >= 15 is 0 Å². The van der Waals surface area contributed by atoms with Crippen LogP contribution in [0.5, 0.6) is 0 Å². The van der Waals surface area contributed by atoms with Crippen molar-refractivity contribution >= 4 is 28.5 Å². The fourth-order valence-corrected chi connectivity index (χ4v) is 2.91. The molecule has 0 bridgehead atoms. The average molecular weight is 378 g/mol. The van der Waals surface area contributed by atoms with Crippen LogP contribution in [0.25, 0.3) is 10.9 Å². The van der Waals surface area contributed by atoms with Crippen molar-refractivity contribution in [1.82, 2.24) is 4.98 Å². The number of esters is 1. The Bertz CT molecular complexity index is 1050. The Labute approximate surface area is 162 Å². The van der Waals surface area contributed by atoms with Crippen LogP contribution < -0.4 is 10.9 Å². The molecule has 0 radical (unpaired) electrons. The van der Waals surface area contributed by atoms with Crippen LogP contribution in [0.4, 0.5) is 5.69 Å². The van der Waals surface area contributed by atoms with Crippen molar-refractivity contribution in [2.75, 3.05) is 11.9 Å². The second-order valence-corrected chi connectivity index (χ2v) is 6.65. The molecule has 0 fully saturated rings. The third-order valence-corrected chi connectivity index (χ3v) is 4.68. The number of fused-ring (bicyclic) bond motifs is 1. The molecule has 0 saturated carbocycles. The third kappa shape index (κ3) is 4.46. The van der Waals surface area contributed by atoms with Gasteiger partial charge in [-0.1, -0.05) is 44.2 Å². The van der Waals surface area contributed by atoms with Gasteiger partial charge in [0.2, 0.25) is 5.56 Å². The summed E-state index contributed by atoms with van der Waals surface area (Å²) < 4.78 is 5.10. The number of ether oxygens (including phenoxy) is 1. The highest BCUT2D eigenvalue weighted by atomic mass is 16.5. The number of hydrogen-bond donors (Lipinski definition) is 2. The number of amides is 1. The zero-order chi connectivity index (χ0) is 20.1. The highest BCUT2D eigenvalue weighted by molar-refractivity contribution is 6.04. The van der Waals surface area contributed by atoms with Gasteiger partial charge >= 0.3 is 5.97 Å². The number of para-hydroxylation sites is 1. The number of aromatic amines is 1. The third-order valence-electron chi connectivity index (χ3n) is 4.68. The van der Waals surface area contributed by atoms with Gasteiger partial charge in [0.1, 0.15) is 0 Å². The summed E-state index contributed by atoms with van der Waals surface area (Å²) in [5.74, 6) is -0.710. The average Bonchev–Trinajstić information content (AvgIpc) is 2.71. The first-order chi connectivity index (χ1) is 13.5. The Morgan fingerprint density at radius 1 is 1.11 bits per heavy atom. The van der Waals surface area contributed by atoms with E-state index in [0.29, 0.717) is 22.5 Å². The van der Waals surface area contributed by atoms with Crippen LogP contribution in [-0.4, -0.2) is 23.5 Å². The van der Waals surface area contributed by atoms with Gasteiger partial charge in [0, 0.05) is 22.7 Å². The van der Waals surface area contributed by atoms with Gasteiger partial charge in [-0.2, -0.15) is 0 Å². The first kappa shape index (κ1) is 19.4. The number of H-pyrrole nitrogens is 1. The molecule has 0 unspecified atom stereocenters. The summed E-state index contributed by atoms with van der Waals surface area (Å²) in [5, 5.41) is 3.26. The standard InChI is InChI=1S/C22H22N2O4/c1-3-14(2)15-8-10-16(11-9-15)23-21(26)13-28-22(27)18-12-20(25)24-19-7-5-4-6-17(18)19/h4-12,14H,3,13H2,1-2H3,(H,23,26)(H,24,25)/t14-/m1/s1. The van der Waals surface area contributed by atoms with Gasteiger partial charge in [-0.15, -0.1) is 0 Å². The van der Waals surface area contributed by atoms with E-state index in [4.69, 9.17) is 4.74 Å². The molecule has 144 valence electrons. The summed E-state index contributed by atoms with van der Waals surface area (Å²) >= 11 is 0. The van der Waals surface area contributed by atoms with Gasteiger partial charge < -0.3 is 15.0 Å². The van der Waals surface area contributed by atoms with Gasteiger partial charge in [-0.25, -0.2) is 4.79 Å². The Morgan fingerprint density at radius 3 is 2.54 bits per heavy atom. The summed E-state index contributed by atoms with van der Waals surface area (Å²) in [6.07, 6.45) is 1.04. The molecule has 3 rings (SSSR count). The van der Waals surface area contributed by atoms with Gasteiger partial charge in [-0.05, 0) is 36.1 Å². The molecule has 0 saturated heterocycles. The van der Waals surface area contributed by atoms with Crippen LogP contribution in [-0.2, 0) is 9.53 Å². The van der Waals surface area contributed by atoms with Crippen molar-refractivity contribution in [3.05, 3.63) is 76.1 Å². The Hall–Kier alpha value is -3.41. The largest absolute Gasteiger partial charge is 0.452 e. The van der Waals surface area contributed by atoms with E-state index in [-0.39, 0.29) is 5.56 Å². The molecule has 0 aliphatic rings. The summed E-state index contributed by atoms with van der Waals surface area (Å²) in [6, 6.07) is 15.7. The Kier molecular flexibility index (Phi) is 5.89. The second kappa shape index (κ2) is 8.52. The van der Waals surface area contributed by atoms with Gasteiger partial charge in [-0.3, -0.25) is 9.59 Å². The first-order valence-electron chi connectivity index (χ1n) is 9.17. The molecule has 28 heavy (non-hydrogen) atoms. The van der Waals surface area contributed by atoms with Gasteiger partial charge in [0.25, 0.3) is 5.91 Å². The molecule has 6 nitrogen and oxygen atoms in total. The van der Waals surface area contributed by atoms with E-state index in [1.54, 1.807) is 24.3 Å². The lowest BCUT2D eigenvalue weighted by Gasteiger charge is -2.11. The Morgan fingerprint density at radius 2 is 1.82 bits per heavy atom. The van der Waals surface area contributed by atoms with Crippen LogP contribution in [0.1, 0.15) is 42.1 Å². The molecule has 1 heterocycles. The smallest absolute Gasteiger partial charge is 0.339 e. The molecule has 1 amide bonds. The number of rotatable bonds is 6. The van der Waals surface area contributed by atoms with Crippen molar-refractivity contribution in [3.63, 3.8) is 0 Å². The summed E-state index contributed by atoms with van der Waals surface area (Å²) in [7, 11) is 0. The van der Waals surface area contributed by atoms with Gasteiger partial charge in [0.15, 0.2) is 6.61 Å². The lowest BCUT2D eigenvalue weighted by Crippen LogP contribution is -2.22. The molecule has 1 atom stereocenters. The summed E-state index contributed by atoms with van der Waals surface area (Å²) in [5.41, 5.74) is 2.09. The monoisotopic (exact) mass is 378 g/mol. The number of nitrogens with one attached hydrogen (secondary N) is 2. The SMILES string of the molecule is CC[C@@H](C)c1ccc(NC(=O)COC(=O)c2cc(=O)[nH]c3ccccc23)cc1. The van der Waals surface area contributed by atoms with Crippen LogP contribution >= 0.6 is 0 Å². The number of carbonyl (C=O) groups is 2. The summed E-state index contributed by atoms with van der Waals surface area (Å²) in [6.45, 7) is 3.83. The van der Waals surface area contributed by atoms with E-state index in [1.165, 1.54) is 11.6 Å². The highest BCUT2D eigenvalue weighted by Crippen LogP contribution is 2.20. The molecule has 3 aromatic rings. The van der Waals surface area contributed by atoms with Crippen LogP contribution in [0.2, 0.25) is 0 Å². The van der Waals surface area contributed by atoms with Gasteiger partial charge in [0.05, 0.1) is 5.56 Å². The zero-order valence-corrected chi connectivity index (χ0v) is 15.8. The molecule has 0 spiro atoms. The fourth-order valence-electron chi connectivity index (χ4n) is 2.91. The molecule has 2 aromatic carbocycles. The molecule has 6 heteroatoms. The molecular weight excluding hydrogens is 356 g/mol. The summed E-state index contributed by atoms with van der Waals surface area (Å²) in [4.78, 5) is 38.9. The van der Waals surface area contributed by atoms with Crippen molar-refractivity contribution in [2.24, 2.45) is 0 Å². The van der Waals surface area contributed by atoms with E-state index in [1.807, 2.05) is 24.3 Å². The lowest BCUT2D eigenvalue weighted by molar-refractivity contribution is -0.119. The number of benzene rings is 2. The van der Waals surface area contributed by atoms with Crippen LogP contribution in [0, 0.1) is 0 Å². The number of hydrogen-bond acceptors (Lipinski definition) is 4.